The fourth-order valence-electron chi connectivity index (χ4n) is 11.8. The Morgan fingerprint density at radius 3 is 2.20 bits per heavy atom. The predicted octanol–water partition coefficient (Wildman–Crippen LogP) is 9.88. The Kier molecular flexibility index (Phi) is 13.3. The summed E-state index contributed by atoms with van der Waals surface area (Å²) in [4.78, 5) is 72.0. The van der Waals surface area contributed by atoms with Gasteiger partial charge < -0.3 is 30.3 Å². The number of nitrogens with one attached hydrogen (secondary N) is 2. The van der Waals surface area contributed by atoms with Gasteiger partial charge in [-0.15, -0.1) is 0 Å². The van der Waals surface area contributed by atoms with Gasteiger partial charge in [0.05, 0.1) is 46.6 Å². The molecule has 6 aromatic carbocycles. The molecule has 7 atom stereocenters. The second-order valence-corrected chi connectivity index (χ2v) is 20.5. The average molecular weight is 1010 g/mol. The number of cyclic esters (lactones) is 1. The Hall–Kier alpha value is -7.67. The van der Waals surface area contributed by atoms with Crippen LogP contribution < -0.4 is 20.3 Å². The number of fused-ring (bicyclic) bond motifs is 4. The lowest BCUT2D eigenvalue weighted by atomic mass is 9.65. The second-order valence-electron chi connectivity index (χ2n) is 19.5. The van der Waals surface area contributed by atoms with Crippen LogP contribution in [0.1, 0.15) is 103 Å². The summed E-state index contributed by atoms with van der Waals surface area (Å²) in [6.07, 6.45) is 3.68. The van der Waals surface area contributed by atoms with Crippen LogP contribution in [-0.2, 0) is 24.5 Å². The number of hydrogen-bond acceptors (Lipinski definition) is 11. The van der Waals surface area contributed by atoms with Gasteiger partial charge in [-0.3, -0.25) is 19.3 Å². The number of thiazole rings is 1. The summed E-state index contributed by atoms with van der Waals surface area (Å²) < 4.78 is 13.9. The molecule has 13 nitrogen and oxygen atoms in total. The minimum Gasteiger partial charge on any atom is -0.491 e. The number of nitrogens with zero attached hydrogens (tertiary/aromatic N) is 3. The Morgan fingerprint density at radius 2 is 1.49 bits per heavy atom. The molecule has 14 heteroatoms. The summed E-state index contributed by atoms with van der Waals surface area (Å²) in [7, 11) is 0. The second kappa shape index (κ2) is 20.3. The zero-order valence-corrected chi connectivity index (χ0v) is 41.5. The van der Waals surface area contributed by atoms with Gasteiger partial charge in [-0.05, 0) is 91.3 Å². The van der Waals surface area contributed by atoms with Crippen molar-refractivity contribution >= 4 is 56.2 Å². The molecule has 4 N–H and O–H groups in total. The number of carbonyl (C=O) groups excluding carboxylic acids is 4. The SMILES string of the molecule is CC(NC(=O)N1C(=O)C2(c3cc(C#CC4(O)CCCCCC4)ccc31)C(C(=O)Nc1nc3ccccc3s1)C1C(=O)OC(c3ccccc3)C(c3ccccc3)N1C2c1ccccc1OCCO)c1ccccc1. The number of esters is 1. The third-order valence-corrected chi connectivity index (χ3v) is 16.0. The van der Waals surface area contributed by atoms with E-state index in [0.717, 1.165) is 46.4 Å². The van der Waals surface area contributed by atoms with E-state index in [-0.39, 0.29) is 29.6 Å². The molecule has 2 saturated heterocycles. The largest absolute Gasteiger partial charge is 0.491 e. The Balaban J connectivity index is 1.20. The maximum absolute atomic E-state index is 17.0. The Bertz CT molecular complexity index is 3260. The lowest BCUT2D eigenvalue weighted by molar-refractivity contribution is -0.177. The molecule has 7 aromatic rings. The number of morpholine rings is 1. The van der Waals surface area contributed by atoms with Gasteiger partial charge in [0.1, 0.15) is 35.5 Å². The topological polar surface area (TPSA) is 171 Å². The number of urea groups is 1. The normalized spacial score (nSPS) is 23.4. The van der Waals surface area contributed by atoms with Gasteiger partial charge in [0.2, 0.25) is 11.8 Å². The molecule has 374 valence electrons. The molecule has 4 amide bonds. The van der Waals surface area contributed by atoms with Crippen molar-refractivity contribution in [2.45, 2.75) is 86.7 Å². The monoisotopic (exact) mass is 1010 g/mol. The van der Waals surface area contributed by atoms with Crippen LogP contribution >= 0.6 is 11.3 Å². The molecule has 4 aliphatic rings. The third-order valence-electron chi connectivity index (χ3n) is 15.0. The summed E-state index contributed by atoms with van der Waals surface area (Å²) in [5, 5.41) is 28.4. The van der Waals surface area contributed by atoms with Gasteiger partial charge in [0.15, 0.2) is 5.13 Å². The first-order valence-electron chi connectivity index (χ1n) is 25.3. The fraction of sp³-hybridized carbons (Fsp3) is 0.283. The summed E-state index contributed by atoms with van der Waals surface area (Å²) in [6.45, 7) is 1.38. The number of para-hydroxylation sites is 2. The van der Waals surface area contributed by atoms with Gasteiger partial charge in [0, 0.05) is 11.1 Å². The number of aliphatic hydroxyl groups excluding tert-OH is 1. The summed E-state index contributed by atoms with van der Waals surface area (Å²) in [5.41, 5.74) is 0.763. The zero-order chi connectivity index (χ0) is 51.0. The number of amides is 4. The number of hydrogen-bond donors (Lipinski definition) is 4. The molecule has 74 heavy (non-hydrogen) atoms. The number of anilines is 2. The quantitative estimate of drug-likeness (QED) is 0.0588. The van der Waals surface area contributed by atoms with Crippen molar-refractivity contribution in [2.75, 3.05) is 23.4 Å². The van der Waals surface area contributed by atoms with E-state index in [9.17, 15) is 10.2 Å². The van der Waals surface area contributed by atoms with Crippen molar-refractivity contribution in [3.8, 4) is 17.6 Å². The maximum atomic E-state index is 17.0. The van der Waals surface area contributed by atoms with Crippen LogP contribution in [0.4, 0.5) is 15.6 Å². The number of imide groups is 1. The Morgan fingerprint density at radius 1 is 0.824 bits per heavy atom. The fourth-order valence-corrected chi connectivity index (χ4v) is 12.6. The van der Waals surface area contributed by atoms with E-state index < -0.39 is 71.0 Å². The molecule has 4 heterocycles. The van der Waals surface area contributed by atoms with Crippen molar-refractivity contribution < 1.29 is 38.9 Å². The number of aromatic nitrogens is 1. The van der Waals surface area contributed by atoms with Crippen LogP contribution in [0.25, 0.3) is 10.2 Å². The molecule has 7 unspecified atom stereocenters. The molecule has 1 aliphatic carbocycles. The van der Waals surface area contributed by atoms with Crippen LogP contribution in [0.2, 0.25) is 0 Å². The predicted molar refractivity (Wildman–Crippen MR) is 282 cm³/mol. The summed E-state index contributed by atoms with van der Waals surface area (Å²) in [6, 6.07) is 43.1. The van der Waals surface area contributed by atoms with Gasteiger partial charge in [-0.1, -0.05) is 157 Å². The van der Waals surface area contributed by atoms with Crippen LogP contribution in [0.5, 0.6) is 5.75 Å². The van der Waals surface area contributed by atoms with E-state index in [1.165, 1.54) is 11.3 Å². The summed E-state index contributed by atoms with van der Waals surface area (Å²) >= 11 is 1.25. The number of carbonyl (C=O) groups is 4. The lowest BCUT2D eigenvalue weighted by Gasteiger charge is -2.46. The van der Waals surface area contributed by atoms with Gasteiger partial charge in [-0.25, -0.2) is 14.7 Å². The van der Waals surface area contributed by atoms with Crippen LogP contribution in [0.15, 0.2) is 158 Å². The zero-order valence-electron chi connectivity index (χ0n) is 40.7. The highest BCUT2D eigenvalue weighted by atomic mass is 32.1. The van der Waals surface area contributed by atoms with E-state index in [1.54, 1.807) is 36.4 Å². The average Bonchev–Trinajstić information content (AvgIpc) is 4.02. The lowest BCUT2D eigenvalue weighted by Crippen LogP contribution is -2.55. The van der Waals surface area contributed by atoms with Crippen molar-refractivity contribution in [1.29, 1.82) is 0 Å². The molecule has 0 radical (unpaired) electrons. The highest BCUT2D eigenvalue weighted by Crippen LogP contribution is 2.67. The van der Waals surface area contributed by atoms with E-state index in [4.69, 9.17) is 14.5 Å². The maximum Gasteiger partial charge on any atom is 0.329 e. The van der Waals surface area contributed by atoms with Crippen molar-refractivity contribution in [2.24, 2.45) is 5.92 Å². The minimum absolute atomic E-state index is 0.114. The molecular formula is C60H55N5O8S. The smallest absolute Gasteiger partial charge is 0.329 e. The highest BCUT2D eigenvalue weighted by Gasteiger charge is 2.76. The van der Waals surface area contributed by atoms with E-state index >= 15 is 19.2 Å². The first-order chi connectivity index (χ1) is 36.1. The third kappa shape index (κ3) is 8.69. The molecule has 3 fully saturated rings. The Labute approximate surface area is 433 Å². The van der Waals surface area contributed by atoms with Crippen LogP contribution in [0.3, 0.4) is 0 Å². The van der Waals surface area contributed by atoms with Crippen LogP contribution in [0, 0.1) is 17.8 Å². The molecule has 3 aliphatic heterocycles. The number of aliphatic hydroxyl groups is 2. The van der Waals surface area contributed by atoms with Crippen LogP contribution in [-0.4, -0.2) is 68.8 Å². The number of benzene rings is 6. The standard InChI is InChI=1S/C60H55N5O8S/c1-38(40-19-7-4-8-20-40)61-58(70)64-46-30-29-39(31-34-59(71)32-17-2-3-18-33-59)37-44(46)60(56(64)69)49(54(67)63-57-62-45-26-14-16-28-48(45)74-57)51-55(68)73-52(42-23-11-6-12-24-42)50(41-21-9-5-10-22-41)65(51)53(60)43-25-13-15-27-47(43)72-36-35-66/h4-16,19-30,37-38,49-53,66,71H,2-3,17-18,32-33,35-36H2,1H3,(H,61,70)(H,62,63,67). The molecule has 1 spiro atoms. The molecule has 0 bridgehead atoms. The minimum atomic E-state index is -2.14. The molecular weight excluding hydrogens is 951 g/mol. The number of ether oxygens (including phenoxy) is 2. The molecule has 1 aromatic heterocycles. The molecule has 11 rings (SSSR count). The van der Waals surface area contributed by atoms with Crippen molar-refractivity contribution in [3.63, 3.8) is 0 Å². The van der Waals surface area contributed by atoms with Gasteiger partial charge >= 0.3 is 12.0 Å². The number of rotatable bonds is 10. The first kappa shape index (κ1) is 48.6. The highest BCUT2D eigenvalue weighted by molar-refractivity contribution is 7.22. The van der Waals surface area contributed by atoms with Crippen molar-refractivity contribution in [3.05, 3.63) is 191 Å². The van der Waals surface area contributed by atoms with E-state index in [1.807, 2.05) is 133 Å². The van der Waals surface area contributed by atoms with Gasteiger partial charge in [0.25, 0.3) is 0 Å². The van der Waals surface area contributed by atoms with E-state index in [2.05, 4.69) is 22.5 Å². The van der Waals surface area contributed by atoms with Crippen molar-refractivity contribution in [1.82, 2.24) is 15.2 Å². The first-order valence-corrected chi connectivity index (χ1v) is 26.1. The summed E-state index contributed by atoms with van der Waals surface area (Å²) in [5.74, 6) is 2.89. The molecule has 1 saturated carbocycles. The van der Waals surface area contributed by atoms with Gasteiger partial charge in [-0.2, -0.15) is 0 Å². The van der Waals surface area contributed by atoms with E-state index in [0.29, 0.717) is 40.8 Å².